The molecule has 0 aromatic rings. The third-order valence-corrected chi connectivity index (χ3v) is 2.01. The van der Waals surface area contributed by atoms with Gasteiger partial charge in [0, 0.05) is 0 Å². The summed E-state index contributed by atoms with van der Waals surface area (Å²) in [6.45, 7) is 0. The summed E-state index contributed by atoms with van der Waals surface area (Å²) < 4.78 is 23.7. The van der Waals surface area contributed by atoms with Crippen molar-refractivity contribution in [2.45, 2.75) is 18.4 Å². The van der Waals surface area contributed by atoms with E-state index in [1.165, 1.54) is 0 Å². The first-order chi connectivity index (χ1) is 7.17. The molecule has 0 spiro atoms. The average Bonchev–Trinajstić information content (AvgIpc) is 1.98. The van der Waals surface area contributed by atoms with Crippen LogP contribution in [0.15, 0.2) is 0 Å². The van der Waals surface area contributed by atoms with Gasteiger partial charge in [-0.05, 0) is 0 Å². The molecule has 0 rings (SSSR count). The van der Waals surface area contributed by atoms with Crippen molar-refractivity contribution >= 4 is 69.3 Å². The number of aliphatic carboxylic acids is 2. The van der Waals surface area contributed by atoms with Crippen LogP contribution in [-0.2, 0) is 40.8 Å². The maximum atomic E-state index is 10.8. The summed E-state index contributed by atoms with van der Waals surface area (Å²) in [5.74, 6) is -5.13. The molecule has 0 fully saturated rings. The molecule has 0 bridgehead atoms. The summed E-state index contributed by atoms with van der Waals surface area (Å²) in [7, 11) is 0. The molecule has 0 aliphatic rings. The van der Waals surface area contributed by atoms with Gasteiger partial charge in [-0.15, -0.1) is 0 Å². The van der Waals surface area contributed by atoms with Gasteiger partial charge in [0.05, 0.1) is 0 Å². The minimum atomic E-state index is -4.25. The van der Waals surface area contributed by atoms with Crippen LogP contribution in [0.1, 0.15) is 12.8 Å². The second kappa shape index (κ2) is 8.32. The normalized spacial score (nSPS) is 12.8. The molecule has 17 heavy (non-hydrogen) atoms. The topological polar surface area (TPSA) is 155 Å². The van der Waals surface area contributed by atoms with E-state index in [0.717, 1.165) is 0 Å². The third-order valence-electron chi connectivity index (χ3n) is 1.45. The van der Waals surface area contributed by atoms with Crippen LogP contribution in [0.25, 0.3) is 0 Å². The molecular formula is C6H8KO9V. The number of carboxylic acids is 2. The van der Waals surface area contributed by atoms with Crippen molar-refractivity contribution in [3.05, 3.63) is 0 Å². The van der Waals surface area contributed by atoms with Gasteiger partial charge in [-0.25, -0.2) is 0 Å². The van der Waals surface area contributed by atoms with E-state index in [9.17, 15) is 26.8 Å². The summed E-state index contributed by atoms with van der Waals surface area (Å²) in [5.41, 5.74) is -2.88. The number of hydrogen-bond acceptors (Lipinski definition) is 7. The van der Waals surface area contributed by atoms with Gasteiger partial charge in [0.15, 0.2) is 0 Å². The van der Waals surface area contributed by atoms with Crippen molar-refractivity contribution in [2.24, 2.45) is 0 Å². The van der Waals surface area contributed by atoms with Crippen molar-refractivity contribution in [1.29, 1.82) is 0 Å². The number of aliphatic hydroxyl groups is 1. The SMILES string of the molecule is O=C(O)CC(O)(CC(=O)[O][V](=[O])=[O])C(=O)O.[KH]. The van der Waals surface area contributed by atoms with Gasteiger partial charge in [-0.1, -0.05) is 0 Å². The van der Waals surface area contributed by atoms with Crippen LogP contribution in [0.4, 0.5) is 0 Å². The molecule has 3 N–H and O–H groups in total. The number of carbonyl (C=O) groups is 3. The Labute approximate surface area is 142 Å². The molecule has 1 unspecified atom stereocenters. The Morgan fingerprint density at radius 1 is 1.12 bits per heavy atom. The Bertz CT molecular complexity index is 381. The van der Waals surface area contributed by atoms with Crippen LogP contribution < -0.4 is 0 Å². The number of rotatable bonds is 6. The van der Waals surface area contributed by atoms with E-state index >= 15 is 0 Å². The van der Waals surface area contributed by atoms with Gasteiger partial charge in [0.2, 0.25) is 0 Å². The minimum absolute atomic E-state index is 0. The molecule has 0 heterocycles. The maximum absolute atomic E-state index is 10.8. The van der Waals surface area contributed by atoms with E-state index in [4.69, 9.17) is 10.2 Å². The van der Waals surface area contributed by atoms with Crippen molar-refractivity contribution in [3.8, 4) is 0 Å². The Hall–Kier alpha value is 0.191. The molecule has 11 heteroatoms. The molecule has 9 nitrogen and oxygen atoms in total. The van der Waals surface area contributed by atoms with Crippen LogP contribution in [0, 0.1) is 0 Å². The number of carboxylic acid groups (broad SMARTS) is 2. The molecule has 92 valence electrons. The summed E-state index contributed by atoms with van der Waals surface area (Å²) in [6.07, 6.45) is -2.51. The van der Waals surface area contributed by atoms with Crippen molar-refractivity contribution in [3.63, 3.8) is 0 Å². The molecule has 0 aliphatic heterocycles. The number of carbonyl (C=O) groups excluding carboxylic acids is 1. The first-order valence-corrected chi connectivity index (χ1v) is 5.41. The van der Waals surface area contributed by atoms with Gasteiger partial charge in [0.25, 0.3) is 0 Å². The standard InChI is InChI=1S/C6H8O7.K.2O.V.H/c7-3(8)1-6(13,5(11)12)2-4(9)10;;;;;/h13H,1-2H2,(H,7,8)(H,9,10)(H,11,12);;;;;/q;;;;+1;/p-1. The summed E-state index contributed by atoms with van der Waals surface area (Å²) in [5, 5.41) is 26.1. The zero-order chi connectivity index (χ0) is 12.9. The molecule has 0 aromatic carbocycles. The second-order valence-electron chi connectivity index (χ2n) is 2.77. The van der Waals surface area contributed by atoms with E-state index in [1.54, 1.807) is 0 Å². The van der Waals surface area contributed by atoms with Crippen LogP contribution in [-0.4, -0.2) is 90.2 Å². The molecule has 0 saturated heterocycles. The zero-order valence-corrected chi connectivity index (χ0v) is 9.05. The Balaban J connectivity index is 0. The van der Waals surface area contributed by atoms with Crippen LogP contribution in [0.5, 0.6) is 0 Å². The second-order valence-corrected chi connectivity index (χ2v) is 3.75. The fraction of sp³-hybridized carbons (Fsp3) is 0.500. The average molecular weight is 314 g/mol. The van der Waals surface area contributed by atoms with E-state index in [1.807, 2.05) is 0 Å². The molecule has 1 atom stereocenters. The fourth-order valence-electron chi connectivity index (χ4n) is 0.818. The predicted molar refractivity (Wildman–Crippen MR) is 44.1 cm³/mol. The third kappa shape index (κ3) is 8.00. The van der Waals surface area contributed by atoms with Gasteiger partial charge in [-0.3, -0.25) is 0 Å². The molecule has 0 aromatic heterocycles. The first kappa shape index (κ1) is 19.5. The summed E-state index contributed by atoms with van der Waals surface area (Å²) in [6, 6.07) is 0. The Kier molecular flexibility index (Phi) is 9.56. The van der Waals surface area contributed by atoms with Crippen molar-refractivity contribution < 1.29 is 56.1 Å². The van der Waals surface area contributed by atoms with E-state index < -0.39 is 51.8 Å². The summed E-state index contributed by atoms with van der Waals surface area (Å²) >= 11 is -4.25. The van der Waals surface area contributed by atoms with Crippen LogP contribution >= 0.6 is 0 Å². The van der Waals surface area contributed by atoms with Gasteiger partial charge >= 0.3 is 144 Å². The molecule has 0 amide bonds. The monoisotopic (exact) mass is 314 g/mol. The van der Waals surface area contributed by atoms with Gasteiger partial charge in [-0.2, -0.15) is 0 Å². The van der Waals surface area contributed by atoms with Crippen molar-refractivity contribution in [1.82, 2.24) is 0 Å². The van der Waals surface area contributed by atoms with Gasteiger partial charge < -0.3 is 0 Å². The van der Waals surface area contributed by atoms with Crippen LogP contribution in [0.3, 0.4) is 0 Å². The molecule has 0 saturated carbocycles. The first-order valence-electron chi connectivity index (χ1n) is 3.70. The predicted octanol–water partition coefficient (Wildman–Crippen LogP) is -2.21. The summed E-state index contributed by atoms with van der Waals surface area (Å²) in [4.78, 5) is 31.5. The van der Waals surface area contributed by atoms with Crippen LogP contribution in [0.2, 0.25) is 0 Å². The van der Waals surface area contributed by atoms with E-state index in [0.29, 0.717) is 0 Å². The number of hydrogen-bond donors (Lipinski definition) is 3. The molecular weight excluding hydrogens is 306 g/mol. The zero-order valence-electron chi connectivity index (χ0n) is 7.65. The molecule has 0 radical (unpaired) electrons. The quantitative estimate of drug-likeness (QED) is 0.462. The Morgan fingerprint density at radius 2 is 1.59 bits per heavy atom. The molecule has 0 aliphatic carbocycles. The van der Waals surface area contributed by atoms with E-state index in [2.05, 4.69) is 3.66 Å². The van der Waals surface area contributed by atoms with E-state index in [-0.39, 0.29) is 51.4 Å². The fourth-order valence-corrected chi connectivity index (χ4v) is 1.18. The van der Waals surface area contributed by atoms with Gasteiger partial charge in [0.1, 0.15) is 0 Å². The van der Waals surface area contributed by atoms with Crippen molar-refractivity contribution in [2.75, 3.05) is 0 Å². The Morgan fingerprint density at radius 3 is 1.88 bits per heavy atom.